The fraction of sp³-hybridized carbons (Fsp3) is 0.375. The summed E-state index contributed by atoms with van der Waals surface area (Å²) in [4.78, 5) is 4.22. The van der Waals surface area contributed by atoms with E-state index < -0.39 is 6.10 Å². The fourth-order valence-corrected chi connectivity index (χ4v) is 2.47. The number of hydrogen-bond acceptors (Lipinski definition) is 4. The molecule has 0 amide bonds. The van der Waals surface area contributed by atoms with Crippen molar-refractivity contribution in [3.63, 3.8) is 0 Å². The molecule has 0 aliphatic carbocycles. The topological polar surface area (TPSA) is 64.1 Å². The average molecular weight is 285 g/mol. The molecule has 0 bridgehead atoms. The second kappa shape index (κ2) is 5.69. The van der Waals surface area contributed by atoms with Crippen LogP contribution in [0.2, 0.25) is 0 Å². The van der Waals surface area contributed by atoms with Crippen molar-refractivity contribution in [3.8, 4) is 0 Å². The minimum absolute atomic E-state index is 0.402. The predicted molar refractivity (Wildman–Crippen MR) is 79.9 cm³/mol. The highest BCUT2D eigenvalue weighted by molar-refractivity contribution is 5.78. The molecular formula is C16H19N3O2. The summed E-state index contributed by atoms with van der Waals surface area (Å²) < 4.78 is 7.56. The van der Waals surface area contributed by atoms with E-state index in [0.29, 0.717) is 12.2 Å². The van der Waals surface area contributed by atoms with Crippen LogP contribution >= 0.6 is 0 Å². The highest BCUT2D eigenvalue weighted by Gasteiger charge is 2.17. The summed E-state index contributed by atoms with van der Waals surface area (Å²) in [6.07, 6.45) is 2.20. The molecule has 0 radical (unpaired) electrons. The maximum Gasteiger partial charge on any atom is 0.138 e. The molecule has 5 nitrogen and oxygen atoms in total. The highest BCUT2D eigenvalue weighted by Crippen LogP contribution is 2.26. The largest absolute Gasteiger partial charge is 0.458 e. The summed E-state index contributed by atoms with van der Waals surface area (Å²) in [6.45, 7) is 4.93. The summed E-state index contributed by atoms with van der Waals surface area (Å²) in [5, 5.41) is 15.6. The molecule has 21 heavy (non-hydrogen) atoms. The van der Waals surface area contributed by atoms with Crippen molar-refractivity contribution in [2.24, 2.45) is 0 Å². The number of nitrogens with zero attached hydrogens (tertiary/aromatic N) is 3. The SMILES string of the molecule is CCCn1ncnc1CC(O)c1cc2cc(C)ccc2o1. The first kappa shape index (κ1) is 13.8. The molecule has 5 heteroatoms. The minimum Gasteiger partial charge on any atom is -0.458 e. The van der Waals surface area contributed by atoms with Crippen LogP contribution in [0.25, 0.3) is 11.0 Å². The van der Waals surface area contributed by atoms with Gasteiger partial charge in [-0.3, -0.25) is 4.68 Å². The first-order chi connectivity index (χ1) is 10.2. The highest BCUT2D eigenvalue weighted by atomic mass is 16.4. The van der Waals surface area contributed by atoms with Crippen molar-refractivity contribution < 1.29 is 9.52 Å². The van der Waals surface area contributed by atoms with Gasteiger partial charge >= 0.3 is 0 Å². The maximum absolute atomic E-state index is 10.4. The third-order valence-electron chi connectivity index (χ3n) is 3.53. The van der Waals surface area contributed by atoms with E-state index in [-0.39, 0.29) is 0 Å². The van der Waals surface area contributed by atoms with E-state index in [1.165, 1.54) is 11.9 Å². The quantitative estimate of drug-likeness (QED) is 0.782. The van der Waals surface area contributed by atoms with Crippen molar-refractivity contribution in [2.45, 2.75) is 39.3 Å². The number of benzene rings is 1. The van der Waals surface area contributed by atoms with Crippen molar-refractivity contribution in [1.82, 2.24) is 14.8 Å². The predicted octanol–water partition coefficient (Wildman–Crippen LogP) is 3.02. The lowest BCUT2D eigenvalue weighted by atomic mass is 10.1. The lowest BCUT2D eigenvalue weighted by Crippen LogP contribution is -2.10. The van der Waals surface area contributed by atoms with E-state index in [1.807, 2.05) is 29.8 Å². The molecule has 0 fully saturated rings. The summed E-state index contributed by atoms with van der Waals surface area (Å²) in [7, 11) is 0. The number of hydrogen-bond donors (Lipinski definition) is 1. The molecule has 3 aromatic rings. The zero-order valence-corrected chi connectivity index (χ0v) is 12.3. The third kappa shape index (κ3) is 2.83. The minimum atomic E-state index is -0.711. The van der Waals surface area contributed by atoms with Gasteiger partial charge in [0.2, 0.25) is 0 Å². The van der Waals surface area contributed by atoms with Crippen LogP contribution in [0, 0.1) is 6.92 Å². The van der Waals surface area contributed by atoms with Gasteiger partial charge in [-0.1, -0.05) is 18.6 Å². The monoisotopic (exact) mass is 285 g/mol. The first-order valence-electron chi connectivity index (χ1n) is 7.22. The smallest absolute Gasteiger partial charge is 0.138 e. The fourth-order valence-electron chi connectivity index (χ4n) is 2.47. The molecule has 1 N–H and O–H groups in total. The zero-order chi connectivity index (χ0) is 14.8. The Morgan fingerprint density at radius 3 is 3.00 bits per heavy atom. The molecule has 1 unspecified atom stereocenters. The molecule has 0 aliphatic heterocycles. The van der Waals surface area contributed by atoms with E-state index >= 15 is 0 Å². The van der Waals surface area contributed by atoms with Crippen molar-refractivity contribution in [2.75, 3.05) is 0 Å². The Balaban J connectivity index is 1.83. The van der Waals surface area contributed by atoms with Gasteiger partial charge in [-0.2, -0.15) is 5.10 Å². The van der Waals surface area contributed by atoms with Gasteiger partial charge in [-0.15, -0.1) is 0 Å². The molecule has 0 saturated carbocycles. The van der Waals surface area contributed by atoms with Crippen LogP contribution in [-0.4, -0.2) is 19.9 Å². The molecule has 1 aromatic carbocycles. The lowest BCUT2D eigenvalue weighted by Gasteiger charge is -2.08. The normalized spacial score (nSPS) is 12.9. The van der Waals surface area contributed by atoms with E-state index in [0.717, 1.165) is 29.8 Å². The number of fused-ring (bicyclic) bond motifs is 1. The Morgan fingerprint density at radius 2 is 2.19 bits per heavy atom. The van der Waals surface area contributed by atoms with Crippen LogP contribution in [0.1, 0.15) is 36.6 Å². The second-order valence-electron chi connectivity index (χ2n) is 5.31. The molecule has 0 spiro atoms. The van der Waals surface area contributed by atoms with Crippen molar-refractivity contribution in [1.29, 1.82) is 0 Å². The summed E-state index contributed by atoms with van der Waals surface area (Å²) >= 11 is 0. The van der Waals surface area contributed by atoms with E-state index in [1.54, 1.807) is 0 Å². The molecular weight excluding hydrogens is 266 g/mol. The molecule has 2 heterocycles. The van der Waals surface area contributed by atoms with Gasteiger partial charge in [0.05, 0.1) is 0 Å². The van der Waals surface area contributed by atoms with Crippen LogP contribution in [0.5, 0.6) is 0 Å². The zero-order valence-electron chi connectivity index (χ0n) is 12.3. The Hall–Kier alpha value is -2.14. The van der Waals surface area contributed by atoms with Crippen LogP contribution in [-0.2, 0) is 13.0 Å². The maximum atomic E-state index is 10.4. The molecule has 1 atom stereocenters. The second-order valence-corrected chi connectivity index (χ2v) is 5.31. The van der Waals surface area contributed by atoms with Crippen molar-refractivity contribution >= 4 is 11.0 Å². The number of aliphatic hydroxyl groups is 1. The molecule has 2 aromatic heterocycles. The number of aryl methyl sites for hydroxylation is 2. The molecule has 0 aliphatic rings. The molecule has 110 valence electrons. The van der Waals surface area contributed by atoms with Crippen LogP contribution in [0.3, 0.4) is 0 Å². The van der Waals surface area contributed by atoms with Gasteiger partial charge in [0, 0.05) is 18.4 Å². The van der Waals surface area contributed by atoms with Crippen LogP contribution < -0.4 is 0 Å². The van der Waals surface area contributed by atoms with Crippen LogP contribution in [0.4, 0.5) is 0 Å². The average Bonchev–Trinajstić information content (AvgIpc) is 3.06. The van der Waals surface area contributed by atoms with Gasteiger partial charge < -0.3 is 9.52 Å². The summed E-state index contributed by atoms with van der Waals surface area (Å²) in [6, 6.07) is 7.88. The van der Waals surface area contributed by atoms with E-state index in [4.69, 9.17) is 4.42 Å². The first-order valence-corrected chi connectivity index (χ1v) is 7.22. The Morgan fingerprint density at radius 1 is 1.33 bits per heavy atom. The van der Waals surface area contributed by atoms with Gasteiger partial charge in [0.15, 0.2) is 0 Å². The number of rotatable bonds is 5. The number of furan rings is 1. The number of aliphatic hydroxyl groups excluding tert-OH is 1. The summed E-state index contributed by atoms with van der Waals surface area (Å²) in [5.74, 6) is 1.35. The third-order valence-corrected chi connectivity index (χ3v) is 3.53. The van der Waals surface area contributed by atoms with Gasteiger partial charge in [-0.05, 0) is 31.5 Å². The van der Waals surface area contributed by atoms with E-state index in [9.17, 15) is 5.11 Å². The van der Waals surface area contributed by atoms with Gasteiger partial charge in [0.1, 0.15) is 29.6 Å². The molecule has 0 saturated heterocycles. The Kier molecular flexibility index (Phi) is 3.75. The molecule has 3 rings (SSSR count). The van der Waals surface area contributed by atoms with Gasteiger partial charge in [-0.25, -0.2) is 4.98 Å². The standard InChI is InChI=1S/C16H19N3O2/c1-3-6-19-16(17-10-18-19)9-13(20)15-8-12-7-11(2)4-5-14(12)21-15/h4-5,7-8,10,13,20H,3,6,9H2,1-2H3. The van der Waals surface area contributed by atoms with Crippen LogP contribution in [0.15, 0.2) is 35.0 Å². The summed E-state index contributed by atoms with van der Waals surface area (Å²) in [5.41, 5.74) is 1.97. The Labute approximate surface area is 123 Å². The van der Waals surface area contributed by atoms with Gasteiger partial charge in [0.25, 0.3) is 0 Å². The van der Waals surface area contributed by atoms with Crippen molar-refractivity contribution in [3.05, 3.63) is 47.7 Å². The lowest BCUT2D eigenvalue weighted by molar-refractivity contribution is 0.148. The van der Waals surface area contributed by atoms with E-state index in [2.05, 4.69) is 23.1 Å². The Bertz CT molecular complexity index is 745. The number of aromatic nitrogens is 3.